The fraction of sp³-hybridized carbons (Fsp3) is 0.0370. The quantitative estimate of drug-likeness (QED) is 0.350. The molecular formula is C27H20N2O5S. The molecule has 0 radical (unpaired) electrons. The van der Waals surface area contributed by atoms with E-state index in [0.717, 1.165) is 0 Å². The molecule has 0 amide bonds. The number of benzene rings is 4. The Bertz CT molecular complexity index is 1610. The van der Waals surface area contributed by atoms with Gasteiger partial charge in [-0.05, 0) is 30.3 Å². The lowest BCUT2D eigenvalue weighted by Gasteiger charge is -2.24. The number of methoxy groups -OCH3 is 1. The zero-order valence-electron chi connectivity index (χ0n) is 18.6. The molecule has 5 rings (SSSR count). The van der Waals surface area contributed by atoms with Crippen LogP contribution in [0, 0.1) is 0 Å². The Labute approximate surface area is 202 Å². The molecule has 0 fully saturated rings. The highest BCUT2D eigenvalue weighted by Gasteiger charge is 2.37. The van der Waals surface area contributed by atoms with Crippen molar-refractivity contribution in [3.8, 4) is 5.75 Å². The van der Waals surface area contributed by atoms with Gasteiger partial charge in [0.15, 0.2) is 11.6 Å². The molecule has 0 saturated carbocycles. The van der Waals surface area contributed by atoms with Gasteiger partial charge in [0.2, 0.25) is 9.84 Å². The number of ether oxygens (including phenoxy) is 1. The largest absolute Gasteiger partial charge is 0.497 e. The van der Waals surface area contributed by atoms with Crippen LogP contribution >= 0.6 is 0 Å². The lowest BCUT2D eigenvalue weighted by Crippen LogP contribution is -2.25. The topological polar surface area (TPSA) is 116 Å². The zero-order chi connectivity index (χ0) is 24.7. The summed E-state index contributed by atoms with van der Waals surface area (Å²) in [6, 6.07) is 22.4. The Balaban J connectivity index is 1.79. The van der Waals surface area contributed by atoms with Crippen molar-refractivity contribution < 1.29 is 22.7 Å². The first-order valence-corrected chi connectivity index (χ1v) is 12.2. The third-order valence-corrected chi connectivity index (χ3v) is 7.70. The second-order valence-electron chi connectivity index (χ2n) is 7.96. The monoisotopic (exact) mass is 484 g/mol. The van der Waals surface area contributed by atoms with Gasteiger partial charge in [-0.1, -0.05) is 48.5 Å². The standard InChI is InChI=1S/C27H20N2O5S/c1-34-17-9-7-8-16(14-17)29-21-15-22(35(32,33)18-10-3-2-4-11-18)25(28)24-23(21)26(30)19-12-5-6-13-20(19)27(24)31/h2-15,29H,28H2,1H3. The first-order chi connectivity index (χ1) is 16.8. The highest BCUT2D eigenvalue weighted by Crippen LogP contribution is 2.41. The maximum absolute atomic E-state index is 13.6. The lowest BCUT2D eigenvalue weighted by atomic mass is 9.82. The Kier molecular flexibility index (Phi) is 5.37. The number of sulfone groups is 1. The molecular weight excluding hydrogens is 464 g/mol. The number of nitrogens with one attached hydrogen (secondary N) is 1. The van der Waals surface area contributed by atoms with E-state index < -0.39 is 21.4 Å². The van der Waals surface area contributed by atoms with Crippen molar-refractivity contribution in [2.24, 2.45) is 0 Å². The number of rotatable bonds is 5. The fourth-order valence-electron chi connectivity index (χ4n) is 4.20. The lowest BCUT2D eigenvalue weighted by molar-refractivity contribution is 0.0980. The van der Waals surface area contributed by atoms with E-state index >= 15 is 0 Å². The molecule has 0 atom stereocenters. The van der Waals surface area contributed by atoms with Crippen LogP contribution in [0.5, 0.6) is 5.75 Å². The molecule has 7 nitrogen and oxygen atoms in total. The van der Waals surface area contributed by atoms with E-state index in [4.69, 9.17) is 10.5 Å². The van der Waals surface area contributed by atoms with E-state index in [9.17, 15) is 18.0 Å². The van der Waals surface area contributed by atoms with Gasteiger partial charge in [-0.2, -0.15) is 0 Å². The van der Waals surface area contributed by atoms with Crippen LogP contribution in [0.15, 0.2) is 94.7 Å². The number of hydrogen-bond acceptors (Lipinski definition) is 7. The maximum atomic E-state index is 13.6. The van der Waals surface area contributed by atoms with Gasteiger partial charge in [0.05, 0.1) is 39.4 Å². The third-order valence-electron chi connectivity index (χ3n) is 5.89. The van der Waals surface area contributed by atoms with Gasteiger partial charge in [-0.15, -0.1) is 0 Å². The number of nitrogen functional groups attached to an aromatic ring is 1. The summed E-state index contributed by atoms with van der Waals surface area (Å²) in [5.74, 6) is -0.369. The summed E-state index contributed by atoms with van der Waals surface area (Å²) >= 11 is 0. The van der Waals surface area contributed by atoms with Crippen molar-refractivity contribution in [1.82, 2.24) is 0 Å². The highest BCUT2D eigenvalue weighted by atomic mass is 32.2. The number of carbonyl (C=O) groups excluding carboxylic acids is 2. The van der Waals surface area contributed by atoms with Crippen molar-refractivity contribution in [2.75, 3.05) is 18.2 Å². The molecule has 4 aromatic carbocycles. The molecule has 1 aliphatic rings. The Morgan fingerprint density at radius 2 is 1.40 bits per heavy atom. The average Bonchev–Trinajstić information content (AvgIpc) is 2.88. The number of nitrogens with two attached hydrogens (primary N) is 1. The van der Waals surface area contributed by atoms with Crippen LogP contribution in [0.1, 0.15) is 31.8 Å². The number of fused-ring (bicyclic) bond motifs is 2. The zero-order valence-corrected chi connectivity index (χ0v) is 19.4. The molecule has 0 unspecified atom stereocenters. The van der Waals surface area contributed by atoms with Gasteiger partial charge in [-0.25, -0.2) is 8.42 Å². The van der Waals surface area contributed by atoms with Gasteiger partial charge in [-0.3, -0.25) is 9.59 Å². The average molecular weight is 485 g/mol. The fourth-order valence-corrected chi connectivity index (χ4v) is 5.63. The molecule has 8 heteroatoms. The van der Waals surface area contributed by atoms with Gasteiger partial charge in [0.25, 0.3) is 0 Å². The van der Waals surface area contributed by atoms with Gasteiger partial charge < -0.3 is 15.8 Å². The SMILES string of the molecule is COc1cccc(Nc2cc(S(=O)(=O)c3ccccc3)c(N)c3c2C(=O)c2ccccc2C3=O)c1. The summed E-state index contributed by atoms with van der Waals surface area (Å²) in [5, 5.41) is 3.11. The molecule has 3 N–H and O–H groups in total. The maximum Gasteiger partial charge on any atom is 0.208 e. The number of carbonyl (C=O) groups is 2. The van der Waals surface area contributed by atoms with Gasteiger partial charge in [0, 0.05) is 22.9 Å². The van der Waals surface area contributed by atoms with Crippen molar-refractivity contribution in [3.05, 3.63) is 107 Å². The summed E-state index contributed by atoms with van der Waals surface area (Å²) in [6.07, 6.45) is 0. The molecule has 0 spiro atoms. The highest BCUT2D eigenvalue weighted by molar-refractivity contribution is 7.91. The molecule has 0 heterocycles. The van der Waals surface area contributed by atoms with E-state index in [1.54, 1.807) is 60.7 Å². The van der Waals surface area contributed by atoms with Gasteiger partial charge in [0.1, 0.15) is 5.75 Å². The molecule has 1 aliphatic carbocycles. The van der Waals surface area contributed by atoms with E-state index in [2.05, 4.69) is 5.32 Å². The van der Waals surface area contributed by atoms with E-state index in [0.29, 0.717) is 11.4 Å². The first kappa shape index (κ1) is 22.4. The molecule has 0 aliphatic heterocycles. The van der Waals surface area contributed by atoms with Crippen LogP contribution in [-0.2, 0) is 9.84 Å². The smallest absolute Gasteiger partial charge is 0.208 e. The van der Waals surface area contributed by atoms with E-state index in [1.807, 2.05) is 0 Å². The molecule has 174 valence electrons. The van der Waals surface area contributed by atoms with Crippen molar-refractivity contribution in [2.45, 2.75) is 9.79 Å². The number of anilines is 3. The Morgan fingerprint density at radius 3 is 2.06 bits per heavy atom. The first-order valence-electron chi connectivity index (χ1n) is 10.7. The summed E-state index contributed by atoms with van der Waals surface area (Å²) in [7, 11) is -2.58. The molecule has 35 heavy (non-hydrogen) atoms. The van der Waals surface area contributed by atoms with Crippen LogP contribution in [0.25, 0.3) is 0 Å². The normalized spacial score (nSPS) is 12.6. The Hall–Kier alpha value is -4.43. The van der Waals surface area contributed by atoms with E-state index in [1.165, 1.54) is 31.4 Å². The van der Waals surface area contributed by atoms with Crippen LogP contribution in [0.4, 0.5) is 17.1 Å². The molecule has 0 aromatic heterocycles. The van der Waals surface area contributed by atoms with Crippen LogP contribution in [0.2, 0.25) is 0 Å². The van der Waals surface area contributed by atoms with Gasteiger partial charge >= 0.3 is 0 Å². The summed E-state index contributed by atoms with van der Waals surface area (Å²) in [5.41, 5.74) is 7.10. The third kappa shape index (κ3) is 3.64. The van der Waals surface area contributed by atoms with E-state index in [-0.39, 0.29) is 43.4 Å². The van der Waals surface area contributed by atoms with Crippen LogP contribution < -0.4 is 15.8 Å². The minimum absolute atomic E-state index is 0.0222. The summed E-state index contributed by atoms with van der Waals surface area (Å²) < 4.78 is 32.4. The number of ketones is 2. The molecule has 4 aromatic rings. The second-order valence-corrected chi connectivity index (χ2v) is 9.88. The number of hydrogen-bond donors (Lipinski definition) is 2. The van der Waals surface area contributed by atoms with Crippen LogP contribution in [0.3, 0.4) is 0 Å². The van der Waals surface area contributed by atoms with Crippen molar-refractivity contribution in [1.29, 1.82) is 0 Å². The minimum Gasteiger partial charge on any atom is -0.497 e. The van der Waals surface area contributed by atoms with Crippen LogP contribution in [-0.4, -0.2) is 27.1 Å². The minimum atomic E-state index is -4.10. The summed E-state index contributed by atoms with van der Waals surface area (Å²) in [4.78, 5) is 26.8. The second kappa shape index (κ2) is 8.41. The van der Waals surface area contributed by atoms with Crippen molar-refractivity contribution >= 4 is 38.5 Å². The Morgan fingerprint density at radius 1 is 0.771 bits per heavy atom. The summed E-state index contributed by atoms with van der Waals surface area (Å²) in [6.45, 7) is 0. The van der Waals surface area contributed by atoms with Crippen molar-refractivity contribution in [3.63, 3.8) is 0 Å². The molecule has 0 bridgehead atoms. The predicted octanol–water partition coefficient (Wildman–Crippen LogP) is 4.63. The molecule has 0 saturated heterocycles. The predicted molar refractivity (Wildman–Crippen MR) is 132 cm³/mol.